The van der Waals surface area contributed by atoms with Crippen LogP contribution < -0.4 is 10.6 Å². The lowest BCUT2D eigenvalue weighted by Gasteiger charge is -2.10. The molecule has 1 aliphatic carbocycles. The van der Waals surface area contributed by atoms with Gasteiger partial charge in [-0.25, -0.2) is 9.48 Å². The number of hydrogen-bond acceptors (Lipinski definition) is 4. The number of carboxylic acid groups (broad SMARTS) is 1. The second kappa shape index (κ2) is 7.61. The molecule has 8 heteroatoms. The lowest BCUT2D eigenvalue weighted by molar-refractivity contribution is -0.137. The fraction of sp³-hybridized carbons (Fsp3) is 0.692. The van der Waals surface area contributed by atoms with Gasteiger partial charge in [-0.15, -0.1) is 5.10 Å². The first-order valence-electron chi connectivity index (χ1n) is 7.26. The fourth-order valence-corrected chi connectivity index (χ4v) is 2.56. The largest absolute Gasteiger partial charge is 0.480 e. The molecule has 0 radical (unpaired) electrons. The first-order chi connectivity index (χ1) is 10.1. The summed E-state index contributed by atoms with van der Waals surface area (Å²) in [4.78, 5) is 22.1. The number of nitrogens with one attached hydrogen (secondary N) is 2. The molecule has 21 heavy (non-hydrogen) atoms. The van der Waals surface area contributed by atoms with Gasteiger partial charge in [0.1, 0.15) is 12.2 Å². The summed E-state index contributed by atoms with van der Waals surface area (Å²) < 4.78 is 1.22. The van der Waals surface area contributed by atoms with Crippen molar-refractivity contribution < 1.29 is 14.7 Å². The van der Waals surface area contributed by atoms with Crippen molar-refractivity contribution in [3.05, 3.63) is 11.9 Å². The van der Waals surface area contributed by atoms with Crippen LogP contribution in [0.25, 0.3) is 0 Å². The highest BCUT2D eigenvalue weighted by Crippen LogP contribution is 2.26. The Hall–Kier alpha value is -2.12. The molecule has 0 aliphatic heterocycles. The van der Waals surface area contributed by atoms with E-state index in [1.165, 1.54) is 36.6 Å². The molecular formula is C13H21N5O3. The lowest BCUT2D eigenvalue weighted by atomic mass is 10.0. The van der Waals surface area contributed by atoms with E-state index in [-0.39, 0.29) is 19.1 Å². The number of aromatic nitrogens is 3. The second-order valence-electron chi connectivity index (χ2n) is 5.35. The Morgan fingerprint density at radius 2 is 2.10 bits per heavy atom. The number of amides is 2. The molecule has 2 amide bonds. The normalized spacial score (nSPS) is 15.0. The standard InChI is InChI=1S/C13H21N5O3/c19-12(20)9-18-8-11(16-17-18)7-15-13(21)14-6-5-10-3-1-2-4-10/h8,10H,1-7,9H2,(H,19,20)(H2,14,15,21). The molecule has 1 heterocycles. The third-order valence-corrected chi connectivity index (χ3v) is 3.63. The first kappa shape index (κ1) is 15.3. The van der Waals surface area contributed by atoms with Crippen LogP contribution in [-0.4, -0.2) is 38.6 Å². The van der Waals surface area contributed by atoms with E-state index in [2.05, 4.69) is 20.9 Å². The summed E-state index contributed by atoms with van der Waals surface area (Å²) in [6, 6.07) is -0.235. The number of nitrogens with zero attached hydrogens (tertiary/aromatic N) is 3. The molecule has 1 saturated carbocycles. The van der Waals surface area contributed by atoms with E-state index >= 15 is 0 Å². The van der Waals surface area contributed by atoms with Crippen LogP contribution in [0.4, 0.5) is 4.79 Å². The van der Waals surface area contributed by atoms with Crippen LogP contribution >= 0.6 is 0 Å². The van der Waals surface area contributed by atoms with E-state index in [4.69, 9.17) is 5.11 Å². The molecule has 3 N–H and O–H groups in total. The van der Waals surface area contributed by atoms with Crippen molar-refractivity contribution >= 4 is 12.0 Å². The van der Waals surface area contributed by atoms with Crippen molar-refractivity contribution in [2.45, 2.75) is 45.2 Å². The number of hydrogen-bond donors (Lipinski definition) is 3. The molecule has 2 rings (SSSR count). The zero-order valence-corrected chi connectivity index (χ0v) is 11.9. The average Bonchev–Trinajstić information content (AvgIpc) is 3.07. The summed E-state index contributed by atoms with van der Waals surface area (Å²) in [6.45, 7) is 0.678. The summed E-state index contributed by atoms with van der Waals surface area (Å²) in [7, 11) is 0. The minimum absolute atomic E-state index is 0.231. The Balaban J connectivity index is 1.61. The molecule has 0 atom stereocenters. The van der Waals surface area contributed by atoms with Crippen LogP contribution in [0.3, 0.4) is 0 Å². The van der Waals surface area contributed by atoms with Gasteiger partial charge < -0.3 is 15.7 Å². The minimum atomic E-state index is -0.982. The second-order valence-corrected chi connectivity index (χ2v) is 5.35. The maximum Gasteiger partial charge on any atom is 0.325 e. The van der Waals surface area contributed by atoms with Gasteiger partial charge in [0.05, 0.1) is 12.7 Å². The van der Waals surface area contributed by atoms with Crippen LogP contribution in [0.1, 0.15) is 37.8 Å². The van der Waals surface area contributed by atoms with Gasteiger partial charge in [0.2, 0.25) is 0 Å². The van der Waals surface area contributed by atoms with E-state index in [0.29, 0.717) is 12.2 Å². The number of carbonyl (C=O) groups is 2. The molecule has 8 nitrogen and oxygen atoms in total. The van der Waals surface area contributed by atoms with Crippen molar-refractivity contribution in [1.82, 2.24) is 25.6 Å². The summed E-state index contributed by atoms with van der Waals surface area (Å²) in [5.41, 5.74) is 0.530. The van der Waals surface area contributed by atoms with Crippen molar-refractivity contribution in [2.75, 3.05) is 6.54 Å². The van der Waals surface area contributed by atoms with Gasteiger partial charge in [-0.2, -0.15) is 0 Å². The number of urea groups is 1. The van der Waals surface area contributed by atoms with Gasteiger partial charge in [0.25, 0.3) is 0 Å². The third-order valence-electron chi connectivity index (χ3n) is 3.63. The van der Waals surface area contributed by atoms with E-state index in [1.807, 2.05) is 0 Å². The van der Waals surface area contributed by atoms with E-state index in [0.717, 1.165) is 12.3 Å². The van der Waals surface area contributed by atoms with Crippen molar-refractivity contribution in [3.63, 3.8) is 0 Å². The topological polar surface area (TPSA) is 109 Å². The molecule has 1 fully saturated rings. The fourth-order valence-electron chi connectivity index (χ4n) is 2.56. The number of rotatable bonds is 7. The van der Waals surface area contributed by atoms with Gasteiger partial charge in [-0.1, -0.05) is 30.9 Å². The molecule has 0 saturated heterocycles. The molecule has 1 aromatic heterocycles. The maximum absolute atomic E-state index is 11.6. The Bertz CT molecular complexity index is 482. The predicted molar refractivity (Wildman–Crippen MR) is 74.5 cm³/mol. The van der Waals surface area contributed by atoms with Gasteiger partial charge in [-0.3, -0.25) is 4.79 Å². The third kappa shape index (κ3) is 5.41. The average molecular weight is 295 g/mol. The molecule has 1 aliphatic rings. The van der Waals surface area contributed by atoms with Crippen LogP contribution in [0.2, 0.25) is 0 Å². The van der Waals surface area contributed by atoms with Crippen molar-refractivity contribution in [1.29, 1.82) is 0 Å². The zero-order chi connectivity index (χ0) is 15.1. The van der Waals surface area contributed by atoms with Gasteiger partial charge in [0, 0.05) is 6.54 Å². The smallest absolute Gasteiger partial charge is 0.325 e. The van der Waals surface area contributed by atoms with Crippen LogP contribution in [-0.2, 0) is 17.9 Å². The number of carboxylic acids is 1. The van der Waals surface area contributed by atoms with Gasteiger partial charge >= 0.3 is 12.0 Å². The van der Waals surface area contributed by atoms with E-state index in [1.54, 1.807) is 0 Å². The highest BCUT2D eigenvalue weighted by atomic mass is 16.4. The summed E-state index contributed by atoms with van der Waals surface area (Å²) in [5, 5.41) is 21.6. The molecule has 116 valence electrons. The Morgan fingerprint density at radius 3 is 2.81 bits per heavy atom. The highest BCUT2D eigenvalue weighted by molar-refractivity contribution is 5.73. The van der Waals surface area contributed by atoms with Crippen molar-refractivity contribution in [2.24, 2.45) is 5.92 Å². The van der Waals surface area contributed by atoms with Gasteiger partial charge in [-0.05, 0) is 12.3 Å². The first-order valence-corrected chi connectivity index (χ1v) is 7.26. The molecule has 0 spiro atoms. The zero-order valence-electron chi connectivity index (χ0n) is 11.9. The molecule has 0 aromatic carbocycles. The Labute approximate surface area is 122 Å². The molecular weight excluding hydrogens is 274 g/mol. The van der Waals surface area contributed by atoms with Gasteiger partial charge in [0.15, 0.2) is 0 Å². The maximum atomic E-state index is 11.6. The summed E-state index contributed by atoms with van der Waals surface area (Å²) in [6.07, 6.45) is 7.70. The quantitative estimate of drug-likeness (QED) is 0.687. The molecule has 0 unspecified atom stereocenters. The summed E-state index contributed by atoms with van der Waals surface area (Å²) >= 11 is 0. The highest BCUT2D eigenvalue weighted by Gasteiger charge is 2.14. The van der Waals surface area contributed by atoms with E-state index in [9.17, 15) is 9.59 Å². The van der Waals surface area contributed by atoms with Crippen LogP contribution in [0, 0.1) is 5.92 Å². The minimum Gasteiger partial charge on any atom is -0.480 e. The number of aliphatic carboxylic acids is 1. The lowest BCUT2D eigenvalue weighted by Crippen LogP contribution is -2.36. The SMILES string of the molecule is O=C(O)Cn1cc(CNC(=O)NCCC2CCCC2)nn1. The monoisotopic (exact) mass is 295 g/mol. The van der Waals surface area contributed by atoms with Crippen molar-refractivity contribution in [3.8, 4) is 0 Å². The molecule has 1 aromatic rings. The Morgan fingerprint density at radius 1 is 1.33 bits per heavy atom. The number of carbonyl (C=O) groups excluding carboxylic acids is 1. The summed E-state index contributed by atoms with van der Waals surface area (Å²) in [5.74, 6) is -0.231. The molecule has 0 bridgehead atoms. The van der Waals surface area contributed by atoms with E-state index < -0.39 is 5.97 Å². The van der Waals surface area contributed by atoms with Crippen LogP contribution in [0.5, 0.6) is 0 Å². The predicted octanol–water partition coefficient (Wildman–Crippen LogP) is 0.742. The Kier molecular flexibility index (Phi) is 5.53. The van der Waals surface area contributed by atoms with Crippen LogP contribution in [0.15, 0.2) is 6.20 Å².